The summed E-state index contributed by atoms with van der Waals surface area (Å²) in [5.41, 5.74) is -5.76. The van der Waals surface area contributed by atoms with Crippen LogP contribution in [0.5, 0.6) is 0 Å². The van der Waals surface area contributed by atoms with E-state index < -0.39 is 21.4 Å². The molecule has 4 nitrogen and oxygen atoms in total. The molecular weight excluding hydrogens is 501 g/mol. The molecule has 0 heterocycles. The lowest BCUT2D eigenvalue weighted by molar-refractivity contribution is -0.212. The maximum Gasteiger partial charge on any atom is 0.518 e. The second-order valence-electron chi connectivity index (χ2n) is 2.94. The van der Waals surface area contributed by atoms with Gasteiger partial charge in [-0.2, -0.15) is 26.0 Å². The van der Waals surface area contributed by atoms with E-state index in [0.717, 1.165) is 3.57 Å². The minimum atomic E-state index is -5.80. The normalized spacial score (nSPS) is 13.7. The number of hydrogen-bond acceptors (Lipinski definition) is 3. The molecule has 1 rings (SSSR count). The van der Waals surface area contributed by atoms with E-state index in [-0.39, 0.29) is 5.56 Å². The van der Waals surface area contributed by atoms with Crippen molar-refractivity contribution in [3.63, 3.8) is 0 Å². The van der Waals surface area contributed by atoms with Crippen molar-refractivity contribution in [3.8, 4) is 0 Å². The molecule has 0 fully saturated rings. The van der Waals surface area contributed by atoms with Crippen LogP contribution in [0.4, 0.5) is 13.2 Å². The van der Waals surface area contributed by atoms with Gasteiger partial charge in [-0.25, -0.2) is 0 Å². The van der Waals surface area contributed by atoms with Crippen LogP contribution in [0.2, 0.25) is 0 Å². The fourth-order valence-electron chi connectivity index (χ4n) is 0.873. The zero-order chi connectivity index (χ0) is 14.1. The van der Waals surface area contributed by atoms with Gasteiger partial charge in [0.2, 0.25) is 0 Å². The number of sulfonamides is 1. The van der Waals surface area contributed by atoms with Gasteiger partial charge in [-0.15, -0.1) is 0 Å². The summed E-state index contributed by atoms with van der Waals surface area (Å²) in [5, 5.41) is 11.4. The monoisotopic (exact) mass is 504 g/mol. The summed E-state index contributed by atoms with van der Waals surface area (Å²) in [6.45, 7) is 0. The van der Waals surface area contributed by atoms with E-state index >= 15 is 0 Å². The van der Waals surface area contributed by atoms with Crippen LogP contribution in [0.3, 0.4) is 0 Å². The standard InChI is InChI=1S/C8H4F3I2NO3S/c9-8(10,11)18(16,17)14-7(15)5-2-1-4(12)3-6(5)13/h1-3H,(H,14,15)/p-1. The van der Waals surface area contributed by atoms with E-state index in [2.05, 4.69) is 4.40 Å². The highest BCUT2D eigenvalue weighted by Gasteiger charge is 2.45. The van der Waals surface area contributed by atoms with Crippen LogP contribution in [0.15, 0.2) is 22.6 Å². The summed E-state index contributed by atoms with van der Waals surface area (Å²) in [6, 6.07) is 4.21. The number of hydrogen-bond donors (Lipinski definition) is 0. The highest BCUT2D eigenvalue weighted by molar-refractivity contribution is 14.1. The lowest BCUT2D eigenvalue weighted by Gasteiger charge is -2.13. The van der Waals surface area contributed by atoms with Crippen LogP contribution in [-0.4, -0.2) is 19.8 Å². The molecular formula is C8H3F3I2NO3S-. The summed E-state index contributed by atoms with van der Waals surface area (Å²) in [5.74, 6) is -1.44. The number of rotatable bonds is 2. The lowest BCUT2D eigenvalue weighted by atomic mass is 10.2. The fraction of sp³-hybridized carbons (Fsp3) is 0.125. The number of alkyl halides is 3. The first-order valence-corrected chi connectivity index (χ1v) is 7.68. The third-order valence-electron chi connectivity index (χ3n) is 1.66. The quantitative estimate of drug-likeness (QED) is 0.351. The molecule has 0 amide bonds. The molecule has 0 unspecified atom stereocenters. The molecule has 0 saturated carbocycles. The first-order valence-electron chi connectivity index (χ1n) is 4.08. The molecule has 0 aromatic heterocycles. The lowest BCUT2D eigenvalue weighted by Crippen LogP contribution is -2.27. The summed E-state index contributed by atoms with van der Waals surface area (Å²) >= 11 is 3.65. The molecule has 0 bridgehead atoms. The minimum Gasteiger partial charge on any atom is -0.858 e. The highest BCUT2D eigenvalue weighted by atomic mass is 127. The van der Waals surface area contributed by atoms with Crippen molar-refractivity contribution in [2.75, 3.05) is 0 Å². The average Bonchev–Trinajstić information content (AvgIpc) is 2.14. The Labute approximate surface area is 128 Å². The Bertz CT molecular complexity index is 598. The molecule has 0 atom stereocenters. The van der Waals surface area contributed by atoms with Crippen LogP contribution in [0.1, 0.15) is 5.56 Å². The van der Waals surface area contributed by atoms with E-state index in [1.165, 1.54) is 18.2 Å². The molecule has 1 aromatic rings. The van der Waals surface area contributed by atoms with E-state index in [9.17, 15) is 26.7 Å². The van der Waals surface area contributed by atoms with Gasteiger partial charge < -0.3 is 5.11 Å². The second-order valence-corrected chi connectivity index (χ2v) is 6.94. The molecule has 0 saturated heterocycles. The van der Waals surface area contributed by atoms with Crippen molar-refractivity contribution in [1.82, 2.24) is 0 Å². The molecule has 100 valence electrons. The Morgan fingerprint density at radius 3 is 2.28 bits per heavy atom. The average molecular weight is 504 g/mol. The fourth-order valence-corrected chi connectivity index (χ4v) is 3.13. The molecule has 0 N–H and O–H groups in total. The van der Waals surface area contributed by atoms with Crippen molar-refractivity contribution in [1.29, 1.82) is 0 Å². The number of benzene rings is 1. The summed E-state index contributed by atoms with van der Waals surface area (Å²) in [4.78, 5) is 0. The Morgan fingerprint density at radius 2 is 1.83 bits per heavy atom. The van der Waals surface area contributed by atoms with Crippen LogP contribution in [0.25, 0.3) is 0 Å². The molecule has 10 heteroatoms. The Kier molecular flexibility index (Phi) is 4.86. The Morgan fingerprint density at radius 1 is 1.28 bits per heavy atom. The zero-order valence-corrected chi connectivity index (χ0v) is 13.3. The number of nitrogens with zero attached hydrogens (tertiary/aromatic N) is 1. The van der Waals surface area contributed by atoms with Crippen LogP contribution in [-0.2, 0) is 10.0 Å². The SMILES string of the molecule is O=S(=O)(/N=C(\[O-])c1ccc(I)cc1I)C(F)(F)F. The van der Waals surface area contributed by atoms with Crippen LogP contribution < -0.4 is 5.11 Å². The van der Waals surface area contributed by atoms with Gasteiger partial charge in [-0.05, 0) is 62.9 Å². The van der Waals surface area contributed by atoms with Gasteiger partial charge >= 0.3 is 15.5 Å². The third-order valence-corrected chi connectivity index (χ3v) is 4.21. The van der Waals surface area contributed by atoms with Crippen molar-refractivity contribution in [2.24, 2.45) is 4.40 Å². The molecule has 0 aliphatic rings. The van der Waals surface area contributed by atoms with Gasteiger partial charge in [-0.3, -0.25) is 0 Å². The predicted molar refractivity (Wildman–Crippen MR) is 73.4 cm³/mol. The van der Waals surface area contributed by atoms with Crippen molar-refractivity contribution >= 4 is 61.1 Å². The zero-order valence-electron chi connectivity index (χ0n) is 8.20. The van der Waals surface area contributed by atoms with E-state index in [1.54, 1.807) is 22.6 Å². The molecule has 1 aromatic carbocycles. The second kappa shape index (κ2) is 5.48. The van der Waals surface area contributed by atoms with Gasteiger partial charge in [0, 0.05) is 13.0 Å². The van der Waals surface area contributed by atoms with E-state index in [1.807, 2.05) is 22.6 Å². The van der Waals surface area contributed by atoms with Crippen molar-refractivity contribution in [2.45, 2.75) is 5.51 Å². The maximum atomic E-state index is 12.0. The van der Waals surface area contributed by atoms with Gasteiger partial charge in [-0.1, -0.05) is 6.07 Å². The largest absolute Gasteiger partial charge is 0.858 e. The van der Waals surface area contributed by atoms with Crippen LogP contribution in [0, 0.1) is 7.14 Å². The number of halogens is 5. The van der Waals surface area contributed by atoms with Crippen molar-refractivity contribution in [3.05, 3.63) is 30.9 Å². The molecule has 0 radical (unpaired) electrons. The molecule has 18 heavy (non-hydrogen) atoms. The predicted octanol–water partition coefficient (Wildman–Crippen LogP) is 1.85. The summed E-state index contributed by atoms with van der Waals surface area (Å²) in [7, 11) is -5.80. The maximum absolute atomic E-state index is 12.0. The topological polar surface area (TPSA) is 69.6 Å². The minimum absolute atomic E-state index is 0.191. The van der Waals surface area contributed by atoms with Gasteiger partial charge in [0.05, 0.1) is 0 Å². The highest BCUT2D eigenvalue weighted by Crippen LogP contribution is 2.25. The first kappa shape index (κ1) is 15.9. The smallest absolute Gasteiger partial charge is 0.518 e. The molecule has 0 spiro atoms. The van der Waals surface area contributed by atoms with Gasteiger partial charge in [0.15, 0.2) is 0 Å². The first-order chi connectivity index (χ1) is 8.04. The summed E-state index contributed by atoms with van der Waals surface area (Å²) < 4.78 is 60.8. The molecule has 0 aliphatic carbocycles. The van der Waals surface area contributed by atoms with Gasteiger partial charge in [0.1, 0.15) is 0 Å². The third kappa shape index (κ3) is 3.69. The van der Waals surface area contributed by atoms with Crippen LogP contribution >= 0.6 is 45.2 Å². The Balaban J connectivity index is 3.27. The van der Waals surface area contributed by atoms with E-state index in [0.29, 0.717) is 3.57 Å². The summed E-state index contributed by atoms with van der Waals surface area (Å²) in [6.07, 6.45) is 0. The van der Waals surface area contributed by atoms with Crippen molar-refractivity contribution < 1.29 is 26.7 Å². The molecule has 0 aliphatic heterocycles. The van der Waals surface area contributed by atoms with E-state index in [4.69, 9.17) is 0 Å². The van der Waals surface area contributed by atoms with Gasteiger partial charge in [0.25, 0.3) is 0 Å². The Hall–Kier alpha value is -0.110.